The van der Waals surface area contributed by atoms with Crippen molar-refractivity contribution in [3.8, 4) is 0 Å². The molecule has 0 saturated carbocycles. The highest BCUT2D eigenvalue weighted by atomic mass is 16.5. The van der Waals surface area contributed by atoms with Crippen LogP contribution in [0.15, 0.2) is 18.5 Å². The smallest absolute Gasteiger partial charge is 0.241 e. The van der Waals surface area contributed by atoms with Crippen LogP contribution in [-0.2, 0) is 16.1 Å². The van der Waals surface area contributed by atoms with Crippen LogP contribution in [0.3, 0.4) is 0 Å². The second-order valence-electron chi connectivity index (χ2n) is 6.81. The molecule has 0 radical (unpaired) electrons. The molecule has 0 spiro atoms. The molecule has 1 fully saturated rings. The molecule has 0 aromatic carbocycles. The van der Waals surface area contributed by atoms with Crippen LogP contribution in [0.2, 0.25) is 0 Å². The van der Waals surface area contributed by atoms with Gasteiger partial charge in [-0.3, -0.25) is 9.48 Å². The van der Waals surface area contributed by atoms with Crippen molar-refractivity contribution in [3.05, 3.63) is 35.5 Å². The summed E-state index contributed by atoms with van der Waals surface area (Å²) in [5, 5.41) is 7.36. The van der Waals surface area contributed by atoms with Crippen molar-refractivity contribution in [1.82, 2.24) is 25.1 Å². The number of hydrogen-bond acceptors (Lipinski definition) is 6. The van der Waals surface area contributed by atoms with Gasteiger partial charge in [-0.2, -0.15) is 5.10 Å². The van der Waals surface area contributed by atoms with Crippen LogP contribution in [0.1, 0.15) is 23.5 Å². The number of aromatic nitrogens is 4. The number of carbonyl (C=O) groups is 1. The first-order chi connectivity index (χ1) is 12.5. The molecule has 140 valence electrons. The number of amides is 1. The van der Waals surface area contributed by atoms with Crippen molar-refractivity contribution in [2.45, 2.75) is 45.9 Å². The van der Waals surface area contributed by atoms with Crippen LogP contribution in [0.25, 0.3) is 0 Å². The molecule has 8 heteroatoms. The number of anilines is 1. The van der Waals surface area contributed by atoms with Crippen molar-refractivity contribution >= 4 is 11.7 Å². The number of nitrogens with zero attached hydrogens (tertiary/aromatic N) is 5. The summed E-state index contributed by atoms with van der Waals surface area (Å²) in [6, 6.07) is 4.06. The molecule has 1 aliphatic rings. The summed E-state index contributed by atoms with van der Waals surface area (Å²) in [5.41, 5.74) is 2.82. The van der Waals surface area contributed by atoms with Crippen molar-refractivity contribution in [2.75, 3.05) is 25.1 Å². The Morgan fingerprint density at radius 3 is 2.73 bits per heavy atom. The Labute approximate surface area is 153 Å². The van der Waals surface area contributed by atoms with E-state index in [1.807, 2.05) is 32.9 Å². The van der Waals surface area contributed by atoms with Crippen LogP contribution in [0.5, 0.6) is 0 Å². The predicted octanol–water partition coefficient (Wildman–Crippen LogP) is 1.01. The third kappa shape index (κ3) is 4.19. The normalized spacial score (nSPS) is 19.8. The van der Waals surface area contributed by atoms with Crippen LogP contribution in [0, 0.1) is 20.8 Å². The summed E-state index contributed by atoms with van der Waals surface area (Å²) in [7, 11) is 1.72. The highest BCUT2D eigenvalue weighted by Gasteiger charge is 2.33. The quantitative estimate of drug-likeness (QED) is 0.829. The molecule has 1 aliphatic heterocycles. The average Bonchev–Trinajstić information content (AvgIpc) is 3.16. The lowest BCUT2D eigenvalue weighted by atomic mass is 10.2. The first-order valence-electron chi connectivity index (χ1n) is 8.82. The fourth-order valence-electron chi connectivity index (χ4n) is 3.37. The number of ether oxygens (including phenoxy) is 1. The Bertz CT molecular complexity index is 775. The zero-order valence-electron chi connectivity index (χ0n) is 15.8. The van der Waals surface area contributed by atoms with E-state index in [0.29, 0.717) is 6.54 Å². The monoisotopic (exact) mass is 358 g/mol. The Morgan fingerprint density at radius 1 is 1.27 bits per heavy atom. The van der Waals surface area contributed by atoms with Gasteiger partial charge in [-0.1, -0.05) is 0 Å². The molecule has 3 rings (SSSR count). The van der Waals surface area contributed by atoms with E-state index < -0.39 is 0 Å². The van der Waals surface area contributed by atoms with E-state index in [1.54, 1.807) is 18.1 Å². The minimum Gasteiger partial charge on any atom is -0.380 e. The molecule has 26 heavy (non-hydrogen) atoms. The lowest BCUT2D eigenvalue weighted by Crippen LogP contribution is -2.41. The SMILES string of the molecule is CO[C@H]1C[C@@H](CNC(=O)Cn2nc(C)cc2C)N(c2cc(C)ncn2)C1. The topological polar surface area (TPSA) is 85.2 Å². The lowest BCUT2D eigenvalue weighted by molar-refractivity contribution is -0.121. The number of hydrogen-bond donors (Lipinski definition) is 1. The van der Waals surface area contributed by atoms with Crippen LogP contribution in [0.4, 0.5) is 5.82 Å². The average molecular weight is 358 g/mol. The van der Waals surface area contributed by atoms with Gasteiger partial charge in [-0.25, -0.2) is 9.97 Å². The molecular weight excluding hydrogens is 332 g/mol. The Morgan fingerprint density at radius 2 is 2.08 bits per heavy atom. The lowest BCUT2D eigenvalue weighted by Gasteiger charge is -2.25. The van der Waals surface area contributed by atoms with Gasteiger partial charge in [0.05, 0.1) is 17.8 Å². The zero-order chi connectivity index (χ0) is 18.7. The van der Waals surface area contributed by atoms with Crippen molar-refractivity contribution in [2.24, 2.45) is 0 Å². The van der Waals surface area contributed by atoms with Crippen LogP contribution >= 0.6 is 0 Å². The molecule has 2 atom stereocenters. The standard InChI is InChI=1S/C18H26N6O2/c1-12-6-17(21-11-20-12)23-9-16(26-4)7-15(23)8-19-18(25)10-24-14(3)5-13(2)22-24/h5-6,11,15-16H,7-10H2,1-4H3,(H,19,25)/t15-,16-/m0/s1. The Kier molecular flexibility index (Phi) is 5.51. The van der Waals surface area contributed by atoms with Gasteiger partial charge in [0.25, 0.3) is 0 Å². The summed E-state index contributed by atoms with van der Waals surface area (Å²) in [5.74, 6) is 0.825. The van der Waals surface area contributed by atoms with Crippen molar-refractivity contribution in [1.29, 1.82) is 0 Å². The molecule has 2 aromatic rings. The second-order valence-corrected chi connectivity index (χ2v) is 6.81. The molecule has 0 aliphatic carbocycles. The molecule has 1 amide bonds. The molecular formula is C18H26N6O2. The van der Waals surface area contributed by atoms with Gasteiger partial charge < -0.3 is 15.0 Å². The summed E-state index contributed by atoms with van der Waals surface area (Å²) in [4.78, 5) is 23.1. The molecule has 0 bridgehead atoms. The molecule has 1 N–H and O–H groups in total. The molecule has 3 heterocycles. The van der Waals surface area contributed by atoms with E-state index in [0.717, 1.165) is 35.9 Å². The third-order valence-corrected chi connectivity index (χ3v) is 4.72. The van der Waals surface area contributed by atoms with Gasteiger partial charge in [0.2, 0.25) is 5.91 Å². The Hall–Kier alpha value is -2.48. The second kappa shape index (κ2) is 7.82. The number of methoxy groups -OCH3 is 1. The van der Waals surface area contributed by atoms with Gasteiger partial charge in [0.1, 0.15) is 18.7 Å². The highest BCUT2D eigenvalue weighted by Crippen LogP contribution is 2.25. The fourth-order valence-corrected chi connectivity index (χ4v) is 3.37. The van der Waals surface area contributed by atoms with Crippen LogP contribution in [-0.4, -0.2) is 58.0 Å². The van der Waals surface area contributed by atoms with Crippen molar-refractivity contribution < 1.29 is 9.53 Å². The summed E-state index contributed by atoms with van der Waals surface area (Å²) >= 11 is 0. The minimum absolute atomic E-state index is 0.0455. The number of rotatable bonds is 6. The van der Waals surface area contributed by atoms with E-state index >= 15 is 0 Å². The zero-order valence-corrected chi connectivity index (χ0v) is 15.8. The first-order valence-corrected chi connectivity index (χ1v) is 8.82. The summed E-state index contributed by atoms with van der Waals surface area (Å²) < 4.78 is 7.26. The fraction of sp³-hybridized carbons (Fsp3) is 0.556. The van der Waals surface area contributed by atoms with E-state index in [1.165, 1.54) is 0 Å². The number of aryl methyl sites for hydroxylation is 3. The predicted molar refractivity (Wildman–Crippen MR) is 98.0 cm³/mol. The Balaban J connectivity index is 1.63. The van der Waals surface area contributed by atoms with Crippen molar-refractivity contribution in [3.63, 3.8) is 0 Å². The van der Waals surface area contributed by atoms with Crippen LogP contribution < -0.4 is 10.2 Å². The molecule has 0 unspecified atom stereocenters. The molecule has 2 aromatic heterocycles. The maximum atomic E-state index is 12.3. The van der Waals surface area contributed by atoms with Gasteiger partial charge in [-0.15, -0.1) is 0 Å². The molecule has 1 saturated heterocycles. The van der Waals surface area contributed by atoms with Gasteiger partial charge in [0.15, 0.2) is 0 Å². The van der Waals surface area contributed by atoms with Gasteiger partial charge in [0, 0.05) is 37.7 Å². The van der Waals surface area contributed by atoms with Gasteiger partial charge in [-0.05, 0) is 33.3 Å². The molecule has 8 nitrogen and oxygen atoms in total. The largest absolute Gasteiger partial charge is 0.380 e. The van der Waals surface area contributed by atoms with Gasteiger partial charge >= 0.3 is 0 Å². The minimum atomic E-state index is -0.0455. The highest BCUT2D eigenvalue weighted by molar-refractivity contribution is 5.75. The summed E-state index contributed by atoms with van der Waals surface area (Å²) in [6.07, 6.45) is 2.55. The van der Waals surface area contributed by atoms with E-state index in [9.17, 15) is 4.79 Å². The van der Waals surface area contributed by atoms with E-state index in [-0.39, 0.29) is 24.6 Å². The first kappa shape index (κ1) is 18.3. The van der Waals surface area contributed by atoms with E-state index in [2.05, 4.69) is 25.3 Å². The summed E-state index contributed by atoms with van der Waals surface area (Å²) in [6.45, 7) is 7.35. The maximum Gasteiger partial charge on any atom is 0.241 e. The number of carbonyl (C=O) groups excluding carboxylic acids is 1. The third-order valence-electron chi connectivity index (χ3n) is 4.72. The number of nitrogens with one attached hydrogen (secondary N) is 1. The van der Waals surface area contributed by atoms with E-state index in [4.69, 9.17) is 4.74 Å². The maximum absolute atomic E-state index is 12.3.